The van der Waals surface area contributed by atoms with E-state index in [2.05, 4.69) is 15.8 Å². The van der Waals surface area contributed by atoms with Crippen LogP contribution < -0.4 is 10.9 Å². The van der Waals surface area contributed by atoms with Crippen molar-refractivity contribution in [3.8, 4) is 0 Å². The molecule has 0 spiro atoms. The number of rotatable bonds is 3. The molecule has 1 aromatic heterocycles. The van der Waals surface area contributed by atoms with E-state index in [1.54, 1.807) is 0 Å². The van der Waals surface area contributed by atoms with Gasteiger partial charge in [-0.1, -0.05) is 12.1 Å². The van der Waals surface area contributed by atoms with Crippen molar-refractivity contribution >= 4 is 33.9 Å². The first-order valence-corrected chi connectivity index (χ1v) is 4.98. The molecule has 0 saturated heterocycles. The molecule has 6 heteroatoms. The molecule has 0 aliphatic rings. The van der Waals surface area contributed by atoms with Gasteiger partial charge < -0.3 is 0 Å². The number of fused-ring (bicyclic) bond motifs is 1. The minimum Gasteiger partial charge on any atom is -0.277 e. The molecule has 0 aliphatic heterocycles. The van der Waals surface area contributed by atoms with Gasteiger partial charge in [0.05, 0.1) is 10.2 Å². The van der Waals surface area contributed by atoms with Crippen molar-refractivity contribution in [2.75, 3.05) is 0 Å². The van der Waals surface area contributed by atoms with E-state index in [0.29, 0.717) is 11.4 Å². The van der Waals surface area contributed by atoms with Crippen molar-refractivity contribution in [1.82, 2.24) is 15.8 Å². The maximum absolute atomic E-state index is 11.4. The standard InChI is InChI=1S/C9H7N3O2S/c13-5-10-12-8(14)9-11-6-3-1-2-4-7(6)15-9/h1-5H,(H,10,13)(H,12,14). The van der Waals surface area contributed by atoms with E-state index in [9.17, 15) is 9.59 Å². The van der Waals surface area contributed by atoms with E-state index in [4.69, 9.17) is 0 Å². The van der Waals surface area contributed by atoms with E-state index in [1.807, 2.05) is 24.3 Å². The molecule has 0 atom stereocenters. The summed E-state index contributed by atoms with van der Waals surface area (Å²) < 4.78 is 0.939. The van der Waals surface area contributed by atoms with Gasteiger partial charge in [0, 0.05) is 0 Å². The SMILES string of the molecule is O=CNNC(=O)c1nc2ccccc2s1. The first-order valence-electron chi connectivity index (χ1n) is 4.16. The quantitative estimate of drug-likeness (QED) is 0.591. The Kier molecular flexibility index (Phi) is 2.59. The number of nitrogens with zero attached hydrogens (tertiary/aromatic N) is 1. The van der Waals surface area contributed by atoms with Gasteiger partial charge >= 0.3 is 0 Å². The average molecular weight is 221 g/mol. The summed E-state index contributed by atoms with van der Waals surface area (Å²) in [6.07, 6.45) is 0.394. The Balaban J connectivity index is 2.28. The van der Waals surface area contributed by atoms with Crippen molar-refractivity contribution in [1.29, 1.82) is 0 Å². The van der Waals surface area contributed by atoms with Crippen LogP contribution in [0.5, 0.6) is 0 Å². The third-order valence-corrected chi connectivity index (χ3v) is 2.77. The number of aromatic nitrogens is 1. The molecule has 1 aromatic carbocycles. The molecule has 0 saturated carbocycles. The number of hydrogen-bond acceptors (Lipinski definition) is 4. The highest BCUT2D eigenvalue weighted by atomic mass is 32.1. The van der Waals surface area contributed by atoms with Crippen LogP contribution in [-0.4, -0.2) is 17.3 Å². The predicted molar refractivity (Wildman–Crippen MR) is 56.3 cm³/mol. The number of benzene rings is 1. The lowest BCUT2D eigenvalue weighted by molar-refractivity contribution is -0.110. The zero-order valence-corrected chi connectivity index (χ0v) is 8.38. The summed E-state index contributed by atoms with van der Waals surface area (Å²) >= 11 is 1.28. The Bertz CT molecular complexity index is 476. The highest BCUT2D eigenvalue weighted by Gasteiger charge is 2.10. The molecule has 0 fully saturated rings. The lowest BCUT2D eigenvalue weighted by Crippen LogP contribution is -2.36. The van der Waals surface area contributed by atoms with Crippen molar-refractivity contribution in [2.45, 2.75) is 0 Å². The Labute approximate surface area is 89.1 Å². The summed E-state index contributed by atoms with van der Waals surface area (Å²) in [5.74, 6) is -0.414. The van der Waals surface area contributed by atoms with Gasteiger partial charge in [-0.3, -0.25) is 20.4 Å². The molecular weight excluding hydrogens is 214 g/mol. The molecule has 0 aliphatic carbocycles. The van der Waals surface area contributed by atoms with Crippen molar-refractivity contribution in [3.05, 3.63) is 29.3 Å². The highest BCUT2D eigenvalue weighted by molar-refractivity contribution is 7.20. The molecule has 0 unspecified atom stereocenters. The molecule has 15 heavy (non-hydrogen) atoms. The van der Waals surface area contributed by atoms with Crippen molar-refractivity contribution < 1.29 is 9.59 Å². The Morgan fingerprint density at radius 3 is 2.93 bits per heavy atom. The van der Waals surface area contributed by atoms with Crippen LogP contribution in [0.25, 0.3) is 10.2 Å². The summed E-state index contributed by atoms with van der Waals surface area (Å²) in [5.41, 5.74) is 5.05. The van der Waals surface area contributed by atoms with Gasteiger partial charge in [0.15, 0.2) is 5.01 Å². The number of thiazole rings is 1. The van der Waals surface area contributed by atoms with E-state index in [0.717, 1.165) is 10.2 Å². The molecular formula is C9H7N3O2S. The summed E-state index contributed by atoms with van der Waals surface area (Å²) in [5, 5.41) is 0.325. The number of amides is 2. The molecule has 5 nitrogen and oxygen atoms in total. The van der Waals surface area contributed by atoms with Crippen LogP contribution in [0.3, 0.4) is 0 Å². The normalized spacial score (nSPS) is 9.87. The fraction of sp³-hybridized carbons (Fsp3) is 0. The second-order valence-electron chi connectivity index (χ2n) is 2.70. The maximum atomic E-state index is 11.4. The van der Waals surface area contributed by atoms with Gasteiger partial charge in [0.2, 0.25) is 6.41 Å². The molecule has 0 bridgehead atoms. The van der Waals surface area contributed by atoms with Gasteiger partial charge in [0.25, 0.3) is 5.91 Å². The number of carbonyl (C=O) groups excluding carboxylic acids is 2. The number of carbonyl (C=O) groups is 2. The first-order chi connectivity index (χ1) is 7.31. The summed E-state index contributed by atoms with van der Waals surface area (Å²) in [6, 6.07) is 7.45. The smallest absolute Gasteiger partial charge is 0.277 e. The minimum atomic E-state index is -0.414. The number of nitrogens with one attached hydrogen (secondary N) is 2. The summed E-state index contributed by atoms with van der Waals surface area (Å²) in [4.78, 5) is 25.5. The van der Waals surface area contributed by atoms with Gasteiger partial charge in [-0.2, -0.15) is 0 Å². The van der Waals surface area contributed by atoms with Crippen LogP contribution in [-0.2, 0) is 4.79 Å². The summed E-state index contributed by atoms with van der Waals surface area (Å²) in [7, 11) is 0. The third-order valence-electron chi connectivity index (χ3n) is 1.73. The highest BCUT2D eigenvalue weighted by Crippen LogP contribution is 2.20. The van der Waals surface area contributed by atoms with Crippen LogP contribution in [0.15, 0.2) is 24.3 Å². The van der Waals surface area contributed by atoms with Crippen molar-refractivity contribution in [2.24, 2.45) is 0 Å². The second-order valence-corrected chi connectivity index (χ2v) is 3.73. The molecule has 2 rings (SSSR count). The molecule has 0 radical (unpaired) electrons. The first kappa shape index (κ1) is 9.60. The fourth-order valence-corrected chi connectivity index (χ4v) is 1.98. The van der Waals surface area contributed by atoms with Crippen LogP contribution >= 0.6 is 11.3 Å². The summed E-state index contributed by atoms with van der Waals surface area (Å²) in [6.45, 7) is 0. The second kappa shape index (κ2) is 4.05. The van der Waals surface area contributed by atoms with Gasteiger partial charge in [-0.05, 0) is 12.1 Å². The van der Waals surface area contributed by atoms with Crippen LogP contribution in [0.4, 0.5) is 0 Å². The number of hydrogen-bond donors (Lipinski definition) is 2. The van der Waals surface area contributed by atoms with Crippen LogP contribution in [0.2, 0.25) is 0 Å². The van der Waals surface area contributed by atoms with E-state index < -0.39 is 5.91 Å². The third kappa shape index (κ3) is 1.94. The van der Waals surface area contributed by atoms with Crippen LogP contribution in [0.1, 0.15) is 9.80 Å². The number of hydrazine groups is 1. The van der Waals surface area contributed by atoms with Crippen molar-refractivity contribution in [3.63, 3.8) is 0 Å². The minimum absolute atomic E-state index is 0.325. The van der Waals surface area contributed by atoms with E-state index >= 15 is 0 Å². The average Bonchev–Trinajstić information content (AvgIpc) is 2.69. The largest absolute Gasteiger partial charge is 0.298 e. The van der Waals surface area contributed by atoms with E-state index in [-0.39, 0.29) is 0 Å². The molecule has 1 heterocycles. The van der Waals surface area contributed by atoms with Gasteiger partial charge in [-0.25, -0.2) is 4.98 Å². The number of para-hydroxylation sites is 1. The maximum Gasteiger partial charge on any atom is 0.298 e. The lowest BCUT2D eigenvalue weighted by Gasteiger charge is -1.96. The zero-order chi connectivity index (χ0) is 10.7. The van der Waals surface area contributed by atoms with Gasteiger partial charge in [-0.15, -0.1) is 11.3 Å². The Hall–Kier alpha value is -1.95. The predicted octanol–water partition coefficient (Wildman–Crippen LogP) is 0.687. The van der Waals surface area contributed by atoms with Crippen LogP contribution in [0, 0.1) is 0 Å². The lowest BCUT2D eigenvalue weighted by atomic mass is 10.3. The zero-order valence-electron chi connectivity index (χ0n) is 7.56. The molecule has 2 N–H and O–H groups in total. The van der Waals surface area contributed by atoms with Gasteiger partial charge in [0.1, 0.15) is 0 Å². The monoisotopic (exact) mass is 221 g/mol. The topological polar surface area (TPSA) is 71.1 Å². The van der Waals surface area contributed by atoms with E-state index in [1.165, 1.54) is 11.3 Å². The fourth-order valence-electron chi connectivity index (χ4n) is 1.12. The Morgan fingerprint density at radius 1 is 1.40 bits per heavy atom. The molecule has 2 amide bonds. The molecule has 76 valence electrons. The molecule has 2 aromatic rings. The Morgan fingerprint density at radius 2 is 2.20 bits per heavy atom.